The van der Waals surface area contributed by atoms with E-state index < -0.39 is 15.9 Å². The van der Waals surface area contributed by atoms with Crippen LogP contribution in [0.4, 0.5) is 0 Å². The zero-order valence-corrected chi connectivity index (χ0v) is 13.1. The minimum atomic E-state index is -3.97. The molecule has 0 fully saturated rings. The summed E-state index contributed by atoms with van der Waals surface area (Å²) in [6, 6.07) is 8.74. The topological polar surface area (TPSA) is 76.1 Å². The molecule has 1 N–H and O–H groups in total. The Kier molecular flexibility index (Phi) is 4.51. The summed E-state index contributed by atoms with van der Waals surface area (Å²) < 4.78 is 26.1. The molecule has 0 aliphatic rings. The molecule has 0 atom stereocenters. The van der Waals surface area contributed by atoms with Gasteiger partial charge in [-0.25, -0.2) is 18.1 Å². The van der Waals surface area contributed by atoms with Crippen LogP contribution in [-0.4, -0.2) is 19.3 Å². The van der Waals surface area contributed by atoms with Gasteiger partial charge in [-0.05, 0) is 31.2 Å². The number of sulfonamides is 1. The highest BCUT2D eigenvalue weighted by Crippen LogP contribution is 2.17. The van der Waals surface area contributed by atoms with E-state index in [0.717, 1.165) is 5.56 Å². The first-order valence-corrected chi connectivity index (χ1v) is 7.99. The Bertz CT molecular complexity index is 790. The Morgan fingerprint density at radius 1 is 1.10 bits per heavy atom. The lowest BCUT2D eigenvalue weighted by molar-refractivity contribution is 0.0981. The number of pyridine rings is 1. The summed E-state index contributed by atoms with van der Waals surface area (Å²) in [6.07, 6.45) is 0. The molecule has 21 heavy (non-hydrogen) atoms. The van der Waals surface area contributed by atoms with E-state index in [4.69, 9.17) is 23.2 Å². The number of hydrogen-bond donors (Lipinski definition) is 1. The fraction of sp³-hybridized carbons (Fsp3) is 0.0769. The van der Waals surface area contributed by atoms with Crippen molar-refractivity contribution in [3.8, 4) is 0 Å². The van der Waals surface area contributed by atoms with Crippen LogP contribution < -0.4 is 4.72 Å². The maximum absolute atomic E-state index is 12.1. The van der Waals surface area contributed by atoms with Gasteiger partial charge in [0.25, 0.3) is 15.9 Å². The van der Waals surface area contributed by atoms with E-state index in [1.54, 1.807) is 12.1 Å². The Hall–Kier alpha value is -1.63. The number of aromatic nitrogens is 1. The first-order valence-electron chi connectivity index (χ1n) is 5.75. The van der Waals surface area contributed by atoms with Gasteiger partial charge in [-0.2, -0.15) is 0 Å². The molecule has 1 aromatic heterocycles. The van der Waals surface area contributed by atoms with Crippen LogP contribution >= 0.6 is 23.2 Å². The van der Waals surface area contributed by atoms with Crippen molar-refractivity contribution >= 4 is 39.1 Å². The van der Waals surface area contributed by atoms with Gasteiger partial charge >= 0.3 is 0 Å². The number of aryl methyl sites for hydroxylation is 1. The van der Waals surface area contributed by atoms with Crippen molar-refractivity contribution in [1.29, 1.82) is 0 Å². The van der Waals surface area contributed by atoms with E-state index >= 15 is 0 Å². The molecular weight excluding hydrogens is 335 g/mol. The van der Waals surface area contributed by atoms with E-state index in [1.165, 1.54) is 24.3 Å². The summed E-state index contributed by atoms with van der Waals surface area (Å²) in [6.45, 7) is 1.83. The summed E-state index contributed by atoms with van der Waals surface area (Å²) in [7, 11) is -3.97. The van der Waals surface area contributed by atoms with Crippen molar-refractivity contribution in [2.24, 2.45) is 0 Å². The molecule has 2 aromatic rings. The first kappa shape index (κ1) is 15.8. The van der Waals surface area contributed by atoms with Gasteiger partial charge in [0.2, 0.25) is 0 Å². The lowest BCUT2D eigenvalue weighted by atomic mass is 10.2. The number of carbonyl (C=O) groups is 1. The number of carbonyl (C=O) groups excluding carboxylic acids is 1. The van der Waals surface area contributed by atoms with Crippen LogP contribution in [0.3, 0.4) is 0 Å². The predicted octanol–water partition coefficient (Wildman–Crippen LogP) is 2.82. The molecule has 110 valence electrons. The molecular formula is C13H10Cl2N2O3S. The Labute approximate surface area is 132 Å². The zero-order valence-electron chi connectivity index (χ0n) is 10.8. The SMILES string of the molecule is Cc1ccc(S(=O)(=O)NC(=O)c2ccc(Cl)nc2Cl)cc1. The quantitative estimate of drug-likeness (QED) is 0.868. The number of amides is 1. The van der Waals surface area contributed by atoms with Crippen LogP contribution in [0.5, 0.6) is 0 Å². The van der Waals surface area contributed by atoms with Crippen molar-refractivity contribution in [3.63, 3.8) is 0 Å². The highest BCUT2D eigenvalue weighted by atomic mass is 35.5. The number of benzene rings is 1. The Balaban J connectivity index is 2.28. The van der Waals surface area contributed by atoms with Crippen LogP contribution in [0.15, 0.2) is 41.3 Å². The highest BCUT2D eigenvalue weighted by Gasteiger charge is 2.20. The third-order valence-corrected chi connectivity index (χ3v) is 4.46. The molecule has 0 aliphatic carbocycles. The lowest BCUT2D eigenvalue weighted by Gasteiger charge is -2.08. The number of nitrogens with zero attached hydrogens (tertiary/aromatic N) is 1. The molecule has 5 nitrogen and oxygen atoms in total. The fourth-order valence-electron chi connectivity index (χ4n) is 1.53. The average Bonchev–Trinajstić information content (AvgIpc) is 2.38. The van der Waals surface area contributed by atoms with E-state index in [-0.39, 0.29) is 20.8 Å². The lowest BCUT2D eigenvalue weighted by Crippen LogP contribution is -2.30. The van der Waals surface area contributed by atoms with Crippen molar-refractivity contribution in [2.45, 2.75) is 11.8 Å². The van der Waals surface area contributed by atoms with Crippen molar-refractivity contribution < 1.29 is 13.2 Å². The van der Waals surface area contributed by atoms with Gasteiger partial charge in [-0.3, -0.25) is 4.79 Å². The largest absolute Gasteiger partial charge is 0.268 e. The summed E-state index contributed by atoms with van der Waals surface area (Å²) in [5.41, 5.74) is 0.835. The molecule has 1 aromatic carbocycles. The standard InChI is InChI=1S/C13H10Cl2N2O3S/c1-8-2-4-9(5-3-8)21(19,20)17-13(18)10-6-7-11(14)16-12(10)15/h2-7H,1H3,(H,17,18). The van der Waals surface area contributed by atoms with Crippen molar-refractivity contribution in [2.75, 3.05) is 0 Å². The van der Waals surface area contributed by atoms with Gasteiger partial charge in [0, 0.05) is 0 Å². The van der Waals surface area contributed by atoms with Gasteiger partial charge in [0.15, 0.2) is 0 Å². The second-order valence-electron chi connectivity index (χ2n) is 4.22. The van der Waals surface area contributed by atoms with E-state index in [9.17, 15) is 13.2 Å². The third-order valence-electron chi connectivity index (χ3n) is 2.62. The van der Waals surface area contributed by atoms with Gasteiger partial charge in [-0.1, -0.05) is 40.9 Å². The van der Waals surface area contributed by atoms with Crippen molar-refractivity contribution in [1.82, 2.24) is 9.71 Å². The molecule has 0 unspecified atom stereocenters. The Morgan fingerprint density at radius 2 is 1.71 bits per heavy atom. The van der Waals surface area contributed by atoms with Crippen molar-refractivity contribution in [3.05, 3.63) is 57.8 Å². The molecule has 1 heterocycles. The van der Waals surface area contributed by atoms with Gasteiger partial charge < -0.3 is 0 Å². The number of nitrogens with one attached hydrogen (secondary N) is 1. The maximum Gasteiger partial charge on any atom is 0.268 e. The smallest absolute Gasteiger partial charge is 0.268 e. The minimum absolute atomic E-state index is 0.0144. The molecule has 0 saturated carbocycles. The molecule has 0 radical (unpaired) electrons. The summed E-state index contributed by atoms with van der Waals surface area (Å²) >= 11 is 11.4. The monoisotopic (exact) mass is 344 g/mol. The maximum atomic E-state index is 12.1. The van der Waals surface area contributed by atoms with E-state index in [1.807, 2.05) is 11.6 Å². The molecule has 1 amide bonds. The zero-order chi connectivity index (χ0) is 15.6. The van der Waals surface area contributed by atoms with Gasteiger partial charge in [0.05, 0.1) is 10.5 Å². The highest BCUT2D eigenvalue weighted by molar-refractivity contribution is 7.90. The molecule has 0 spiro atoms. The third kappa shape index (κ3) is 3.72. The number of rotatable bonds is 3. The summed E-state index contributed by atoms with van der Waals surface area (Å²) in [4.78, 5) is 15.6. The molecule has 8 heteroatoms. The van der Waals surface area contributed by atoms with Crippen LogP contribution in [0.25, 0.3) is 0 Å². The van der Waals surface area contributed by atoms with Crippen LogP contribution in [-0.2, 0) is 10.0 Å². The van der Waals surface area contributed by atoms with E-state index in [2.05, 4.69) is 4.98 Å². The second kappa shape index (κ2) is 6.01. The molecule has 0 saturated heterocycles. The predicted molar refractivity (Wildman–Crippen MR) is 80.1 cm³/mol. The molecule has 0 bridgehead atoms. The average molecular weight is 345 g/mol. The second-order valence-corrected chi connectivity index (χ2v) is 6.65. The van der Waals surface area contributed by atoms with Crippen LogP contribution in [0.2, 0.25) is 10.3 Å². The Morgan fingerprint density at radius 3 is 2.29 bits per heavy atom. The normalized spacial score (nSPS) is 11.2. The molecule has 2 rings (SSSR count). The number of hydrogen-bond acceptors (Lipinski definition) is 4. The van der Waals surface area contributed by atoms with Crippen LogP contribution in [0.1, 0.15) is 15.9 Å². The number of halogens is 2. The molecule has 0 aliphatic heterocycles. The van der Waals surface area contributed by atoms with Gasteiger partial charge in [0.1, 0.15) is 10.3 Å². The fourth-order valence-corrected chi connectivity index (χ4v) is 2.93. The van der Waals surface area contributed by atoms with Crippen LogP contribution in [0, 0.1) is 6.92 Å². The first-order chi connectivity index (χ1) is 9.79. The minimum Gasteiger partial charge on any atom is -0.268 e. The summed E-state index contributed by atoms with van der Waals surface area (Å²) in [5, 5.41) is -0.0583. The van der Waals surface area contributed by atoms with Gasteiger partial charge in [-0.15, -0.1) is 0 Å². The summed E-state index contributed by atoms with van der Waals surface area (Å²) in [5.74, 6) is -0.871. The van der Waals surface area contributed by atoms with E-state index in [0.29, 0.717) is 0 Å².